The molecule has 38 nitrogen and oxygen atoms in total. The van der Waals surface area contributed by atoms with Crippen molar-refractivity contribution >= 4 is 122 Å². The van der Waals surface area contributed by atoms with Crippen molar-refractivity contribution in [1.82, 2.24) is 81.7 Å². The van der Waals surface area contributed by atoms with E-state index in [1.165, 1.54) is 81.6 Å². The second-order valence-electron chi connectivity index (χ2n) is 30.8. The van der Waals surface area contributed by atoms with Crippen LogP contribution in [0.3, 0.4) is 0 Å². The average Bonchev–Trinajstić information content (AvgIpc) is 1.74. The van der Waals surface area contributed by atoms with E-state index in [9.17, 15) is 87.2 Å². The lowest BCUT2D eigenvalue weighted by Crippen LogP contribution is -2.60. The Morgan fingerprint density at radius 1 is 0.587 bits per heavy atom. The number of phenolic OH excluding ortho intramolecular Hbond substituents is 1. The largest absolute Gasteiger partial charge is 0.508 e. The van der Waals surface area contributed by atoms with Crippen LogP contribution in [0.15, 0.2) is 97.7 Å². The molecule has 2 aliphatic rings. The SMILES string of the molecule is CCCC[C@@H](C(=O)N(C)[C@@H](CCCC)C(=O)N[C@@H](C)C(=O)N[C@@H](CSCC(=O)N[C@@H](Cc1ccc(O)cc1)C(=O)N(C)[C@@H](C)C(=O)N[C@@H](CCC(=O)O)C(=O)N1CCC[C@H]1C(=O)N[C@@H](Cc1cnc[nH]1)C(=O)N[C@@H](CCN)C(=O)N1C[C@H](O)C[C@H]1C(=O)N[C@@H](Cc1c[nH]c2ccccc12)C(N)=O)C(N)=O)N(C)C(=O)[C@@H](N)Cc1c[nH]c2ccccc12. The second kappa shape index (κ2) is 44.9. The smallest absolute Gasteiger partial charge is 0.303 e. The van der Waals surface area contributed by atoms with E-state index in [0.717, 1.165) is 53.8 Å². The zero-order valence-corrected chi connectivity index (χ0v) is 69.9. The van der Waals surface area contributed by atoms with Crippen LogP contribution in [0.2, 0.25) is 0 Å². The van der Waals surface area contributed by atoms with Gasteiger partial charge < -0.3 is 115 Å². The fraction of sp³-hybridized carbons (Fsp3) is 0.512. The first-order chi connectivity index (χ1) is 57.6. The molecule has 2 fully saturated rings. The van der Waals surface area contributed by atoms with E-state index in [0.29, 0.717) is 42.5 Å². The molecule has 656 valence electrons. The number of benzene rings is 3. The number of amides is 14. The molecule has 5 heterocycles. The first kappa shape index (κ1) is 94.5. The number of hydrogen-bond acceptors (Lipinski definition) is 21. The van der Waals surface area contributed by atoms with Gasteiger partial charge >= 0.3 is 5.97 Å². The molecule has 14 amide bonds. The monoisotopic (exact) mass is 1700 g/mol. The number of β-amino-alcohol motifs (C(OH)–C–C–N with tert-alkyl or cyclic N) is 1. The number of aromatic amines is 3. The summed E-state index contributed by atoms with van der Waals surface area (Å²) in [4.78, 5) is 229. The Bertz CT molecular complexity index is 4640. The van der Waals surface area contributed by atoms with Crippen molar-refractivity contribution in [3.05, 3.63) is 120 Å². The van der Waals surface area contributed by atoms with Crippen molar-refractivity contribution in [2.24, 2.45) is 22.9 Å². The molecule has 14 atom stereocenters. The van der Waals surface area contributed by atoms with Crippen molar-refractivity contribution in [2.45, 2.75) is 215 Å². The quantitative estimate of drug-likeness (QED) is 0.0214. The van der Waals surface area contributed by atoms with Crippen molar-refractivity contribution in [1.29, 1.82) is 0 Å². The van der Waals surface area contributed by atoms with E-state index >= 15 is 0 Å². The molecule has 3 aromatic heterocycles. The molecule has 2 aliphatic heterocycles. The lowest BCUT2D eigenvalue weighted by molar-refractivity contribution is -0.148. The Kier molecular flexibility index (Phi) is 35.1. The van der Waals surface area contributed by atoms with Crippen LogP contribution in [0, 0.1) is 0 Å². The number of carboxylic acids is 1. The highest BCUT2D eigenvalue weighted by atomic mass is 32.2. The van der Waals surface area contributed by atoms with Crippen LogP contribution < -0.4 is 60.2 Å². The lowest BCUT2D eigenvalue weighted by Gasteiger charge is -2.35. The van der Waals surface area contributed by atoms with Crippen LogP contribution in [-0.2, 0) is 97.6 Å². The van der Waals surface area contributed by atoms with Crippen LogP contribution in [0.1, 0.15) is 127 Å². The Morgan fingerprint density at radius 3 is 1.76 bits per heavy atom. The summed E-state index contributed by atoms with van der Waals surface area (Å²) in [7, 11) is 4.21. The van der Waals surface area contributed by atoms with E-state index in [-0.39, 0.29) is 95.3 Å². The number of aliphatic hydroxyl groups excluding tert-OH is 1. The number of hydrogen-bond donors (Lipinski definition) is 17. The number of thioether (sulfide) groups is 1. The molecule has 0 radical (unpaired) electrons. The molecule has 21 N–H and O–H groups in total. The number of rotatable bonds is 46. The fourth-order valence-electron chi connectivity index (χ4n) is 14.9. The number of likely N-dealkylation sites (N-methyl/N-ethyl adjacent to an activating group) is 3. The van der Waals surface area contributed by atoms with Gasteiger partial charge in [0, 0.05) is 118 Å². The summed E-state index contributed by atoms with van der Waals surface area (Å²) < 4.78 is 0. The van der Waals surface area contributed by atoms with Crippen LogP contribution in [0.4, 0.5) is 0 Å². The molecule has 6 aromatic rings. The molecular weight excluding hydrogens is 1590 g/mol. The number of aromatic nitrogens is 4. The van der Waals surface area contributed by atoms with E-state index in [2.05, 4.69) is 57.2 Å². The Hall–Kier alpha value is -12.0. The number of carboxylic acid groups (broad SMARTS) is 1. The predicted octanol–water partition coefficient (Wildman–Crippen LogP) is -1.16. The Balaban J connectivity index is 0.878. The maximum Gasteiger partial charge on any atom is 0.303 e. The topological polar surface area (TPSA) is 581 Å². The van der Waals surface area contributed by atoms with Gasteiger partial charge in [0.05, 0.1) is 24.2 Å². The first-order valence-electron chi connectivity index (χ1n) is 40.5. The number of aromatic hydroxyl groups is 1. The van der Waals surface area contributed by atoms with Crippen molar-refractivity contribution in [2.75, 3.05) is 52.3 Å². The molecule has 121 heavy (non-hydrogen) atoms. The van der Waals surface area contributed by atoms with Crippen LogP contribution in [0.25, 0.3) is 21.8 Å². The fourth-order valence-corrected chi connectivity index (χ4v) is 15.8. The molecule has 0 unspecified atom stereocenters. The maximum absolute atomic E-state index is 14.8. The highest BCUT2D eigenvalue weighted by Crippen LogP contribution is 2.27. The van der Waals surface area contributed by atoms with E-state index in [1.807, 2.05) is 56.3 Å². The first-order valence-corrected chi connectivity index (χ1v) is 41.7. The Labute approximate surface area is 704 Å². The zero-order chi connectivity index (χ0) is 88.5. The van der Waals surface area contributed by atoms with Crippen molar-refractivity contribution < 1.29 is 87.2 Å². The number of carbonyl (C=O) groups is 15. The number of nitrogens with one attached hydrogen (secondary N) is 10. The number of likely N-dealkylation sites (tertiary alicyclic amines) is 2. The summed E-state index contributed by atoms with van der Waals surface area (Å²) >= 11 is 0.841. The standard InChI is InChI=1S/C82H114N20O18S/c1-8-10-21-64(99(6)82(120)66(22-11-9-2)100(7)78(116)55(84)34-48-38-88-56-19-14-12-17-53(48)56)75(113)91-45(3)72(110)97-63(71(86)109)42-121-43-68(105)92-62(33-47-24-26-51(103)27-25-47)79(117)98(5)46(4)73(111)93-58(28-29-69(106)107)80(118)101-32-16-23-65(101)76(114)96-61(36-50-40-87-44-90-50)74(112)94-59(30-31-83)81(119)102-41-52(104)37-67(102)77(115)95-60(70(85)108)35-49-39-89-57-20-15-13-18-54(49)57/h12-15,17-20,24-27,38-40,44-46,52,55,58-67,88-89,103-104H,8-11,16,21-23,28-37,41-43,83-84H2,1-7H3,(H2,85,108)(H2,86,109)(H,87,90)(H,91,113)(H,92,105)(H,93,111)(H,94,112)(H,95,115)(H,96,114)(H,97,110)(H,106,107)/t45-,46-,52+,55-,58-,59-,60-,61-,62-,63-,64-,65-,66-,67-/m0/s1. The molecule has 0 spiro atoms. The number of nitrogens with zero attached hydrogens (tertiary/aromatic N) is 6. The van der Waals surface area contributed by atoms with E-state index in [1.54, 1.807) is 18.5 Å². The van der Waals surface area contributed by atoms with Gasteiger partial charge in [-0.1, -0.05) is 88.1 Å². The van der Waals surface area contributed by atoms with Gasteiger partial charge in [-0.15, -0.1) is 11.8 Å². The molecule has 39 heteroatoms. The van der Waals surface area contributed by atoms with Gasteiger partial charge in [-0.25, -0.2) is 4.98 Å². The van der Waals surface area contributed by atoms with Gasteiger partial charge in [-0.2, -0.15) is 0 Å². The van der Waals surface area contributed by atoms with Crippen LogP contribution in [-0.4, -0.2) is 285 Å². The van der Waals surface area contributed by atoms with Gasteiger partial charge in [0.2, 0.25) is 82.7 Å². The van der Waals surface area contributed by atoms with Gasteiger partial charge in [0.15, 0.2) is 0 Å². The minimum Gasteiger partial charge on any atom is -0.508 e. The predicted molar refractivity (Wildman–Crippen MR) is 447 cm³/mol. The number of primary amides is 2. The summed E-state index contributed by atoms with van der Waals surface area (Å²) in [5, 5.41) is 51.0. The summed E-state index contributed by atoms with van der Waals surface area (Å²) in [6.45, 7) is 5.91. The molecule has 3 aromatic carbocycles. The number of imidazole rings is 1. The van der Waals surface area contributed by atoms with Gasteiger partial charge in [-0.05, 0) is 106 Å². The van der Waals surface area contributed by atoms with Crippen LogP contribution >= 0.6 is 11.8 Å². The van der Waals surface area contributed by atoms with Gasteiger partial charge in [0.1, 0.15) is 78.3 Å². The highest BCUT2D eigenvalue weighted by molar-refractivity contribution is 8.00. The number of fused-ring (bicyclic) bond motifs is 2. The normalized spacial score (nSPS) is 17.2. The summed E-state index contributed by atoms with van der Waals surface area (Å²) in [5.41, 5.74) is 28.0. The summed E-state index contributed by atoms with van der Waals surface area (Å²) in [6, 6.07) is 3.35. The number of aliphatic hydroxyl groups is 1. The van der Waals surface area contributed by atoms with E-state index < -0.39 is 192 Å². The number of carbonyl (C=O) groups excluding carboxylic acids is 14. The number of phenols is 1. The summed E-state index contributed by atoms with van der Waals surface area (Å²) in [6.07, 6.45) is 6.21. The number of nitrogens with two attached hydrogens (primary N) is 4. The molecule has 2 saturated heterocycles. The molecule has 0 bridgehead atoms. The van der Waals surface area contributed by atoms with Gasteiger partial charge in [-0.3, -0.25) is 71.9 Å². The minimum absolute atomic E-state index is 0.0119. The minimum atomic E-state index is -1.63. The Morgan fingerprint density at radius 2 is 1.16 bits per heavy atom. The third kappa shape index (κ3) is 25.8. The number of unbranched alkanes of at least 4 members (excludes halogenated alkanes) is 2. The molecule has 0 saturated carbocycles. The van der Waals surface area contributed by atoms with Gasteiger partial charge in [0.25, 0.3) is 0 Å². The number of H-pyrrole nitrogens is 3. The molecule has 8 rings (SSSR count). The number of para-hydroxylation sites is 2. The third-order valence-electron chi connectivity index (χ3n) is 22.0. The van der Waals surface area contributed by atoms with Crippen LogP contribution in [0.5, 0.6) is 5.75 Å². The lowest BCUT2D eigenvalue weighted by atomic mass is 10.0. The third-order valence-corrected chi connectivity index (χ3v) is 23.0. The average molecular weight is 1700 g/mol. The number of aliphatic carboxylic acids is 1. The summed E-state index contributed by atoms with van der Waals surface area (Å²) in [5.74, 6) is -13.5. The molecular formula is C82H114N20O18S. The van der Waals surface area contributed by atoms with Crippen molar-refractivity contribution in [3.63, 3.8) is 0 Å². The van der Waals surface area contributed by atoms with E-state index in [4.69, 9.17) is 22.9 Å². The highest BCUT2D eigenvalue weighted by Gasteiger charge is 2.45. The van der Waals surface area contributed by atoms with Crippen molar-refractivity contribution in [3.8, 4) is 5.75 Å². The maximum atomic E-state index is 14.8. The zero-order valence-electron chi connectivity index (χ0n) is 69.0. The molecule has 0 aliphatic carbocycles. The second-order valence-corrected chi connectivity index (χ2v) is 31.8.